The fourth-order valence-corrected chi connectivity index (χ4v) is 7.68. The lowest BCUT2D eigenvalue weighted by molar-refractivity contribution is -0.0503. The summed E-state index contributed by atoms with van der Waals surface area (Å²) in [6, 6.07) is 6.51. The van der Waals surface area contributed by atoms with Crippen LogP contribution in [0.4, 0.5) is 11.5 Å². The maximum absolute atomic E-state index is 12.3. The highest BCUT2D eigenvalue weighted by Crippen LogP contribution is 2.66. The molecule has 7 atom stereocenters. The first-order valence-electron chi connectivity index (χ1n) is 12.3. The summed E-state index contributed by atoms with van der Waals surface area (Å²) in [5.74, 6) is 0.0466. The largest absolute Gasteiger partial charge is 0.489 e. The Balaban J connectivity index is 1.31. The predicted molar refractivity (Wildman–Crippen MR) is 147 cm³/mol. The average Bonchev–Trinajstić information content (AvgIpc) is 3.47. The number of aliphatic hydroxyl groups excluding tert-OH is 3. The van der Waals surface area contributed by atoms with Crippen LogP contribution in [0.15, 0.2) is 36.9 Å². The molecule has 1 saturated heterocycles. The number of hydrogen-bond donors (Lipinski definition) is 8. The SMILES string of the molecule is CN(CCO)c1ccc(CNP(=O)(O)OP(=O)(O)OP(=O)(O)OC[C@H]2O[C@@H](n3cnc4c(N)ncnc43)[C@H](O)[C@@H]2O)cc1. The van der Waals surface area contributed by atoms with E-state index >= 15 is 0 Å². The fraction of sp³-hybridized carbons (Fsp3) is 0.450. The molecule has 2 aromatic heterocycles. The van der Waals surface area contributed by atoms with Crippen molar-refractivity contribution in [3.63, 3.8) is 0 Å². The number of benzene rings is 1. The summed E-state index contributed by atoms with van der Waals surface area (Å²) in [4.78, 5) is 43.3. The van der Waals surface area contributed by atoms with Gasteiger partial charge in [-0.3, -0.25) is 9.09 Å². The number of nitrogens with zero attached hydrogens (tertiary/aromatic N) is 5. The molecular weight excluding hydrogens is 639 g/mol. The van der Waals surface area contributed by atoms with Crippen molar-refractivity contribution in [2.24, 2.45) is 0 Å². The number of phosphoric ester groups is 1. The summed E-state index contributed by atoms with van der Waals surface area (Å²) >= 11 is 0. The Hall–Kier alpha value is -2.38. The number of fused-ring (bicyclic) bond motifs is 1. The molecule has 238 valence electrons. The number of ether oxygens (including phenoxy) is 1. The van der Waals surface area contributed by atoms with Gasteiger partial charge in [0, 0.05) is 25.8 Å². The van der Waals surface area contributed by atoms with Gasteiger partial charge in [-0.2, -0.15) is 8.62 Å². The normalized spacial score (nSPS) is 24.8. The topological polar surface area (TPSA) is 294 Å². The van der Waals surface area contributed by atoms with E-state index in [2.05, 4.69) is 28.1 Å². The molecule has 3 unspecified atom stereocenters. The van der Waals surface area contributed by atoms with Gasteiger partial charge < -0.3 is 45.4 Å². The van der Waals surface area contributed by atoms with E-state index in [4.69, 9.17) is 15.6 Å². The minimum atomic E-state index is -5.69. The van der Waals surface area contributed by atoms with Gasteiger partial charge in [0.2, 0.25) is 0 Å². The van der Waals surface area contributed by atoms with Crippen LogP contribution in [0.3, 0.4) is 0 Å². The molecule has 3 heterocycles. The molecule has 0 saturated carbocycles. The van der Waals surface area contributed by atoms with Crippen molar-refractivity contribution < 1.29 is 61.6 Å². The Kier molecular flexibility index (Phi) is 10.4. The molecule has 1 aliphatic heterocycles. The molecule has 20 nitrogen and oxygen atoms in total. The fourth-order valence-electron chi connectivity index (χ4n) is 4.00. The van der Waals surface area contributed by atoms with Gasteiger partial charge in [0.25, 0.3) is 0 Å². The molecule has 3 aromatic rings. The number of rotatable bonds is 14. The van der Waals surface area contributed by atoms with Crippen LogP contribution in [0.1, 0.15) is 11.8 Å². The predicted octanol–water partition coefficient (Wildman–Crippen LogP) is -0.403. The summed E-state index contributed by atoms with van der Waals surface area (Å²) in [6.07, 6.45) is -3.67. The zero-order valence-electron chi connectivity index (χ0n) is 22.3. The van der Waals surface area contributed by atoms with Crippen LogP contribution in [0.5, 0.6) is 0 Å². The van der Waals surface area contributed by atoms with Crippen molar-refractivity contribution >= 4 is 46.1 Å². The van der Waals surface area contributed by atoms with Crippen molar-refractivity contribution in [2.75, 3.05) is 37.4 Å². The van der Waals surface area contributed by atoms with E-state index in [1.807, 2.05) is 5.09 Å². The zero-order valence-corrected chi connectivity index (χ0v) is 25.0. The quantitative estimate of drug-likeness (QED) is 0.101. The van der Waals surface area contributed by atoms with Crippen LogP contribution in [-0.4, -0.2) is 94.6 Å². The van der Waals surface area contributed by atoms with Crippen molar-refractivity contribution in [1.82, 2.24) is 24.6 Å². The highest BCUT2D eigenvalue weighted by Gasteiger charge is 2.47. The molecule has 1 aromatic carbocycles. The Morgan fingerprint density at radius 2 is 1.74 bits per heavy atom. The van der Waals surface area contributed by atoms with Gasteiger partial charge in [0.1, 0.15) is 30.2 Å². The second kappa shape index (κ2) is 13.3. The van der Waals surface area contributed by atoms with Crippen LogP contribution in [0.25, 0.3) is 11.2 Å². The number of aliphatic hydroxyl groups is 3. The third kappa shape index (κ3) is 8.42. The van der Waals surface area contributed by atoms with Gasteiger partial charge in [-0.1, -0.05) is 12.1 Å². The lowest BCUT2D eigenvalue weighted by Crippen LogP contribution is -2.33. The first kappa shape index (κ1) is 33.5. The highest BCUT2D eigenvalue weighted by molar-refractivity contribution is 7.67. The highest BCUT2D eigenvalue weighted by atomic mass is 31.3. The maximum Gasteiger partial charge on any atom is 0.489 e. The number of hydrogen-bond acceptors (Lipinski definition) is 15. The summed E-state index contributed by atoms with van der Waals surface area (Å²) < 4.78 is 56.6. The Bertz CT molecular complexity index is 1560. The van der Waals surface area contributed by atoms with Crippen LogP contribution >= 0.6 is 23.4 Å². The average molecular weight is 669 g/mol. The van der Waals surface area contributed by atoms with Gasteiger partial charge in [-0.05, 0) is 17.7 Å². The molecule has 1 fully saturated rings. The Labute approximate surface area is 243 Å². The van der Waals surface area contributed by atoms with E-state index in [0.29, 0.717) is 12.1 Å². The second-order valence-corrected chi connectivity index (χ2v) is 14.0. The van der Waals surface area contributed by atoms with Crippen LogP contribution in [0.2, 0.25) is 0 Å². The number of likely N-dealkylation sites (N-methyl/N-ethyl adjacent to an activating group) is 1. The molecule has 1 aliphatic rings. The number of aromatic nitrogens is 4. The van der Waals surface area contributed by atoms with Gasteiger partial charge in [0.15, 0.2) is 17.7 Å². The molecule has 43 heavy (non-hydrogen) atoms. The zero-order chi connectivity index (χ0) is 31.6. The summed E-state index contributed by atoms with van der Waals surface area (Å²) in [6.45, 7) is -0.926. The number of imidazole rings is 1. The van der Waals surface area contributed by atoms with E-state index < -0.39 is 54.5 Å². The van der Waals surface area contributed by atoms with E-state index in [0.717, 1.165) is 12.0 Å². The molecule has 23 heteroatoms. The smallest absolute Gasteiger partial charge is 0.395 e. The number of anilines is 2. The molecule has 4 rings (SSSR count). The Morgan fingerprint density at radius 1 is 1.05 bits per heavy atom. The van der Waals surface area contributed by atoms with E-state index in [1.54, 1.807) is 36.2 Å². The van der Waals surface area contributed by atoms with Crippen molar-refractivity contribution in [1.29, 1.82) is 0 Å². The molecular formula is C20H30N7O13P3. The molecule has 9 N–H and O–H groups in total. The summed E-state index contributed by atoms with van der Waals surface area (Å²) in [7, 11) is -14.5. The first-order chi connectivity index (χ1) is 20.1. The van der Waals surface area contributed by atoms with Gasteiger partial charge in [-0.15, -0.1) is 0 Å². The molecule has 0 spiro atoms. The maximum atomic E-state index is 12.3. The van der Waals surface area contributed by atoms with Crippen molar-refractivity contribution in [2.45, 2.75) is 31.1 Å². The van der Waals surface area contributed by atoms with E-state index in [1.165, 1.54) is 10.9 Å². The van der Waals surface area contributed by atoms with Crippen LogP contribution < -0.4 is 15.7 Å². The standard InChI is InChI=1S/C20H30N7O13P3/c1-26(6-7-28)13-4-2-12(3-5-13)8-25-41(31,32)39-43(35,36)40-42(33,34)37-9-14-16(29)17(30)20(38-14)27-11-24-15-18(21)22-10-23-19(15)27/h2-5,10-11,14,16-17,20,28-30H,6-9H2,1H3,(H,33,34)(H,35,36)(H2,21,22,23)(H2,25,31,32)/t14-,16-,17-,20-/m1/s1. The first-order valence-corrected chi connectivity index (χ1v) is 16.8. The minimum Gasteiger partial charge on any atom is -0.395 e. The summed E-state index contributed by atoms with van der Waals surface area (Å²) in [5, 5.41) is 31.9. The van der Waals surface area contributed by atoms with Gasteiger partial charge in [-0.25, -0.2) is 33.7 Å². The summed E-state index contributed by atoms with van der Waals surface area (Å²) in [5.41, 5.74) is 7.31. The lowest BCUT2D eigenvalue weighted by atomic mass is 10.1. The number of nitrogens with two attached hydrogens (primary N) is 1. The molecule has 0 amide bonds. The van der Waals surface area contributed by atoms with Gasteiger partial charge in [0.05, 0.1) is 19.5 Å². The van der Waals surface area contributed by atoms with Gasteiger partial charge >= 0.3 is 23.4 Å². The second-order valence-electron chi connectivity index (χ2n) is 9.19. The number of nitrogens with one attached hydrogen (secondary N) is 1. The van der Waals surface area contributed by atoms with Crippen molar-refractivity contribution in [3.05, 3.63) is 42.5 Å². The molecule has 0 bridgehead atoms. The monoisotopic (exact) mass is 669 g/mol. The van der Waals surface area contributed by atoms with Crippen molar-refractivity contribution in [3.8, 4) is 0 Å². The third-order valence-electron chi connectivity index (χ3n) is 6.12. The van der Waals surface area contributed by atoms with E-state index in [-0.39, 0.29) is 30.1 Å². The number of nitrogen functional groups attached to an aromatic ring is 1. The molecule has 0 radical (unpaired) electrons. The minimum absolute atomic E-state index is 0.0466. The third-order valence-corrected chi connectivity index (χ3v) is 10.5. The lowest BCUT2D eigenvalue weighted by Gasteiger charge is -2.21. The Morgan fingerprint density at radius 3 is 2.42 bits per heavy atom. The molecule has 0 aliphatic carbocycles. The van der Waals surface area contributed by atoms with Crippen LogP contribution in [0, 0.1) is 0 Å². The van der Waals surface area contributed by atoms with E-state index in [9.17, 15) is 38.6 Å². The van der Waals surface area contributed by atoms with Crippen LogP contribution in [-0.2, 0) is 38.1 Å². The number of phosphoric acid groups is 2.